The van der Waals surface area contributed by atoms with Crippen molar-refractivity contribution in [3.8, 4) is 11.1 Å². The molecular weight excluding hydrogens is 400 g/mol. The first-order chi connectivity index (χ1) is 12.2. The van der Waals surface area contributed by atoms with Gasteiger partial charge in [0.1, 0.15) is 23.1 Å². The summed E-state index contributed by atoms with van der Waals surface area (Å²) in [5.41, 5.74) is 3.94. The molecule has 0 radical (unpaired) electrons. The molecule has 1 atom stereocenters. The zero-order valence-corrected chi connectivity index (χ0v) is 15.3. The van der Waals surface area contributed by atoms with E-state index in [4.69, 9.17) is 0 Å². The van der Waals surface area contributed by atoms with Crippen LogP contribution in [0.3, 0.4) is 0 Å². The first kappa shape index (κ1) is 16.1. The van der Waals surface area contributed by atoms with Crippen molar-refractivity contribution in [3.05, 3.63) is 69.8 Å². The van der Waals surface area contributed by atoms with E-state index in [0.29, 0.717) is 5.57 Å². The number of aliphatic hydroxyl groups excluding tert-OH is 1. The average Bonchev–Trinajstić information content (AvgIpc) is 3.07. The number of carbonyl (C=O) groups is 1. The Kier molecular flexibility index (Phi) is 4.15. The van der Waals surface area contributed by atoms with E-state index < -0.39 is 6.04 Å². The highest BCUT2D eigenvalue weighted by molar-refractivity contribution is 9.10. The summed E-state index contributed by atoms with van der Waals surface area (Å²) in [5.74, 6) is 0.123. The van der Waals surface area contributed by atoms with E-state index in [1.807, 2.05) is 35.7 Å². The summed E-state index contributed by atoms with van der Waals surface area (Å²) >= 11 is 4.92. The van der Waals surface area contributed by atoms with Crippen LogP contribution in [0.25, 0.3) is 22.5 Å². The lowest BCUT2D eigenvalue weighted by Gasteiger charge is -2.25. The fraction of sp³-hybridized carbons (Fsp3) is 0.0526. The lowest BCUT2D eigenvalue weighted by Crippen LogP contribution is -2.27. The molecule has 0 saturated carbocycles. The molecule has 0 saturated heterocycles. The second-order valence-corrected chi connectivity index (χ2v) is 7.42. The summed E-state index contributed by atoms with van der Waals surface area (Å²) in [5, 5.41) is 17.0. The van der Waals surface area contributed by atoms with Crippen LogP contribution in [-0.2, 0) is 4.79 Å². The number of rotatable bonds is 3. The van der Waals surface area contributed by atoms with Gasteiger partial charge in [-0.2, -0.15) is 0 Å². The van der Waals surface area contributed by atoms with E-state index in [-0.39, 0.29) is 5.76 Å². The maximum Gasteiger partial charge on any atom is 0.146 e. The quantitative estimate of drug-likeness (QED) is 0.594. The molecule has 6 heteroatoms. The minimum absolute atomic E-state index is 0.123. The fourth-order valence-electron chi connectivity index (χ4n) is 2.98. The Morgan fingerprint density at radius 1 is 1.20 bits per heavy atom. The standard InChI is InChI=1S/C19H13BrN2O2S/c20-13-5-3-11(4-6-13)14-10-25-19-17(14)18(24)16(15(9-23)22-19)12-2-1-7-21-8-12/h1-10,15,22,24H. The van der Waals surface area contributed by atoms with Crippen LogP contribution in [0.15, 0.2) is 58.6 Å². The van der Waals surface area contributed by atoms with Crippen molar-refractivity contribution in [2.45, 2.75) is 6.04 Å². The molecule has 1 aliphatic heterocycles. The zero-order chi connectivity index (χ0) is 17.4. The molecule has 0 spiro atoms. The predicted molar refractivity (Wildman–Crippen MR) is 105 cm³/mol. The van der Waals surface area contributed by atoms with Gasteiger partial charge in [0.05, 0.1) is 5.56 Å². The molecule has 3 heterocycles. The summed E-state index contributed by atoms with van der Waals surface area (Å²) in [6, 6.07) is 10.9. The van der Waals surface area contributed by atoms with Crippen molar-refractivity contribution >= 4 is 49.9 Å². The molecule has 4 nitrogen and oxygen atoms in total. The highest BCUT2D eigenvalue weighted by atomic mass is 79.9. The number of nitrogens with zero attached hydrogens (tertiary/aromatic N) is 1. The number of fused-ring (bicyclic) bond motifs is 1. The van der Waals surface area contributed by atoms with E-state index in [1.165, 1.54) is 11.3 Å². The number of anilines is 1. The predicted octanol–water partition coefficient (Wildman–Crippen LogP) is 4.99. The molecule has 1 aromatic carbocycles. The summed E-state index contributed by atoms with van der Waals surface area (Å²) in [6.45, 7) is 0. The Bertz CT molecular complexity index is 965. The number of pyridine rings is 1. The van der Waals surface area contributed by atoms with Gasteiger partial charge in [0.2, 0.25) is 0 Å². The van der Waals surface area contributed by atoms with Crippen molar-refractivity contribution in [2.24, 2.45) is 0 Å². The van der Waals surface area contributed by atoms with Crippen LogP contribution in [0.4, 0.5) is 5.00 Å². The van der Waals surface area contributed by atoms with E-state index in [0.717, 1.165) is 38.0 Å². The number of benzene rings is 1. The van der Waals surface area contributed by atoms with Gasteiger partial charge in [-0.1, -0.05) is 34.1 Å². The first-order valence-corrected chi connectivity index (χ1v) is 9.29. The number of hydrogen-bond donors (Lipinski definition) is 2. The molecule has 2 N–H and O–H groups in total. The smallest absolute Gasteiger partial charge is 0.146 e. The van der Waals surface area contributed by atoms with Gasteiger partial charge in [-0.3, -0.25) is 4.98 Å². The molecule has 0 bridgehead atoms. The number of nitrogens with one attached hydrogen (secondary N) is 1. The van der Waals surface area contributed by atoms with Crippen molar-refractivity contribution in [3.63, 3.8) is 0 Å². The van der Waals surface area contributed by atoms with E-state index >= 15 is 0 Å². The third kappa shape index (κ3) is 2.77. The summed E-state index contributed by atoms with van der Waals surface area (Å²) in [6.07, 6.45) is 4.12. The maximum atomic E-state index is 11.6. The highest BCUT2D eigenvalue weighted by Crippen LogP contribution is 2.45. The second-order valence-electron chi connectivity index (χ2n) is 5.62. The van der Waals surface area contributed by atoms with Crippen LogP contribution in [0.1, 0.15) is 11.1 Å². The maximum absolute atomic E-state index is 11.6. The topological polar surface area (TPSA) is 62.2 Å². The number of aliphatic hydroxyl groups is 1. The highest BCUT2D eigenvalue weighted by Gasteiger charge is 2.31. The molecule has 1 aliphatic rings. The number of hydrogen-bond acceptors (Lipinski definition) is 5. The van der Waals surface area contributed by atoms with Gasteiger partial charge < -0.3 is 15.2 Å². The summed E-state index contributed by atoms with van der Waals surface area (Å²) in [7, 11) is 0. The van der Waals surface area contributed by atoms with Gasteiger partial charge in [0.25, 0.3) is 0 Å². The minimum Gasteiger partial charge on any atom is -0.507 e. The van der Waals surface area contributed by atoms with Crippen LogP contribution in [-0.4, -0.2) is 22.4 Å². The molecule has 2 aromatic heterocycles. The number of carbonyl (C=O) groups excluding carboxylic acids is 1. The van der Waals surface area contributed by atoms with Crippen molar-refractivity contribution < 1.29 is 9.90 Å². The Balaban J connectivity index is 1.92. The van der Waals surface area contributed by atoms with E-state index in [2.05, 4.69) is 26.2 Å². The molecule has 0 aliphatic carbocycles. The molecular formula is C19H13BrN2O2S. The number of thiophene rings is 1. The monoisotopic (exact) mass is 412 g/mol. The zero-order valence-electron chi connectivity index (χ0n) is 12.9. The van der Waals surface area contributed by atoms with Gasteiger partial charge in [0.15, 0.2) is 0 Å². The molecule has 0 amide bonds. The molecule has 0 fully saturated rings. The molecule has 4 rings (SSSR count). The lowest BCUT2D eigenvalue weighted by molar-refractivity contribution is -0.107. The largest absolute Gasteiger partial charge is 0.507 e. The minimum atomic E-state index is -0.604. The third-order valence-electron chi connectivity index (χ3n) is 4.14. The number of aldehydes is 1. The molecule has 124 valence electrons. The molecule has 1 unspecified atom stereocenters. The molecule has 25 heavy (non-hydrogen) atoms. The Labute approximate surface area is 157 Å². The van der Waals surface area contributed by atoms with Crippen LogP contribution < -0.4 is 5.32 Å². The van der Waals surface area contributed by atoms with Crippen molar-refractivity contribution in [1.29, 1.82) is 0 Å². The van der Waals surface area contributed by atoms with Gasteiger partial charge in [-0.15, -0.1) is 11.3 Å². The molecule has 3 aromatic rings. The Morgan fingerprint density at radius 2 is 2.00 bits per heavy atom. The van der Waals surface area contributed by atoms with Crippen LogP contribution >= 0.6 is 27.3 Å². The van der Waals surface area contributed by atoms with Crippen LogP contribution in [0, 0.1) is 0 Å². The average molecular weight is 413 g/mol. The normalized spacial score (nSPS) is 16.3. The van der Waals surface area contributed by atoms with Crippen molar-refractivity contribution in [1.82, 2.24) is 4.98 Å². The third-order valence-corrected chi connectivity index (χ3v) is 5.58. The lowest BCUT2D eigenvalue weighted by atomic mass is 9.91. The van der Waals surface area contributed by atoms with E-state index in [1.54, 1.807) is 18.5 Å². The van der Waals surface area contributed by atoms with Gasteiger partial charge in [-0.25, -0.2) is 0 Å². The van der Waals surface area contributed by atoms with E-state index in [9.17, 15) is 9.90 Å². The SMILES string of the molecule is O=CC1Nc2scc(-c3ccc(Br)cc3)c2C(O)=C1c1cccnc1. The number of aromatic nitrogens is 1. The summed E-state index contributed by atoms with van der Waals surface area (Å²) < 4.78 is 0.996. The Morgan fingerprint density at radius 3 is 2.68 bits per heavy atom. The Hall–Kier alpha value is -2.44. The second kappa shape index (κ2) is 6.46. The van der Waals surface area contributed by atoms with Crippen molar-refractivity contribution in [2.75, 3.05) is 5.32 Å². The van der Waals surface area contributed by atoms with Crippen LogP contribution in [0.2, 0.25) is 0 Å². The van der Waals surface area contributed by atoms with Gasteiger partial charge >= 0.3 is 0 Å². The number of halogens is 1. The first-order valence-electron chi connectivity index (χ1n) is 7.62. The van der Waals surface area contributed by atoms with Gasteiger partial charge in [-0.05, 0) is 23.8 Å². The fourth-order valence-corrected chi connectivity index (χ4v) is 4.25. The van der Waals surface area contributed by atoms with Gasteiger partial charge in [0, 0.05) is 38.9 Å². The summed E-state index contributed by atoms with van der Waals surface area (Å²) in [4.78, 5) is 15.7. The van der Waals surface area contributed by atoms with Crippen LogP contribution in [0.5, 0.6) is 0 Å².